The summed E-state index contributed by atoms with van der Waals surface area (Å²) in [6.45, 7) is 1.58. The number of nitro groups is 1. The summed E-state index contributed by atoms with van der Waals surface area (Å²) in [5, 5.41) is 10.2. The van der Waals surface area contributed by atoms with E-state index in [2.05, 4.69) is 0 Å². The summed E-state index contributed by atoms with van der Waals surface area (Å²) in [6.07, 6.45) is 0.176. The standard InChI is InChI=1S/C8H7F2NO2/c1-2-6-7(9)3-5(11(12)13)4-8(6)10/h3-4H,2H2,1H3. The molecule has 0 amide bonds. The van der Waals surface area contributed by atoms with E-state index in [0.717, 1.165) is 12.1 Å². The maximum absolute atomic E-state index is 12.9. The third-order valence-electron chi connectivity index (χ3n) is 1.69. The fraction of sp³-hybridized carbons (Fsp3) is 0.250. The van der Waals surface area contributed by atoms with E-state index in [9.17, 15) is 18.9 Å². The van der Waals surface area contributed by atoms with Gasteiger partial charge in [-0.25, -0.2) is 8.78 Å². The highest BCUT2D eigenvalue weighted by molar-refractivity contribution is 5.35. The van der Waals surface area contributed by atoms with E-state index in [1.165, 1.54) is 0 Å². The zero-order valence-electron chi connectivity index (χ0n) is 6.88. The second-order valence-electron chi connectivity index (χ2n) is 2.50. The number of non-ortho nitro benzene ring substituents is 1. The fourth-order valence-corrected chi connectivity index (χ4v) is 1.03. The minimum absolute atomic E-state index is 0.120. The van der Waals surface area contributed by atoms with Gasteiger partial charge in [-0.15, -0.1) is 0 Å². The molecule has 70 valence electrons. The van der Waals surface area contributed by atoms with Gasteiger partial charge < -0.3 is 0 Å². The largest absolute Gasteiger partial charge is 0.275 e. The molecule has 0 atom stereocenters. The molecule has 0 saturated carbocycles. The Balaban J connectivity index is 3.28. The molecule has 5 heteroatoms. The zero-order valence-corrected chi connectivity index (χ0v) is 6.88. The molecule has 0 aliphatic rings. The van der Waals surface area contributed by atoms with Crippen LogP contribution in [0.3, 0.4) is 0 Å². The summed E-state index contributed by atoms with van der Waals surface area (Å²) in [4.78, 5) is 9.35. The summed E-state index contributed by atoms with van der Waals surface area (Å²) in [5.74, 6) is -1.73. The molecule has 13 heavy (non-hydrogen) atoms. The van der Waals surface area contributed by atoms with Crippen molar-refractivity contribution in [2.75, 3.05) is 0 Å². The normalized spacial score (nSPS) is 10.1. The molecule has 0 N–H and O–H groups in total. The highest BCUT2D eigenvalue weighted by Crippen LogP contribution is 2.20. The van der Waals surface area contributed by atoms with Crippen LogP contribution in [0.4, 0.5) is 14.5 Å². The van der Waals surface area contributed by atoms with E-state index in [-0.39, 0.29) is 12.0 Å². The summed E-state index contributed by atoms with van der Waals surface area (Å²) >= 11 is 0. The van der Waals surface area contributed by atoms with Gasteiger partial charge in [-0.05, 0) is 6.42 Å². The average Bonchev–Trinajstić information content (AvgIpc) is 2.03. The van der Waals surface area contributed by atoms with Gasteiger partial charge in [0.2, 0.25) is 0 Å². The highest BCUT2D eigenvalue weighted by atomic mass is 19.1. The van der Waals surface area contributed by atoms with Gasteiger partial charge in [0.25, 0.3) is 5.69 Å². The molecule has 0 radical (unpaired) electrons. The Morgan fingerprint density at radius 3 is 2.15 bits per heavy atom. The SMILES string of the molecule is CCc1c(F)cc([N+](=O)[O-])cc1F. The van der Waals surface area contributed by atoms with Crippen LogP contribution in [0, 0.1) is 21.7 Å². The minimum Gasteiger partial charge on any atom is -0.258 e. The van der Waals surface area contributed by atoms with Crippen LogP contribution >= 0.6 is 0 Å². The summed E-state index contributed by atoms with van der Waals surface area (Å²) in [6, 6.07) is 1.45. The van der Waals surface area contributed by atoms with Gasteiger partial charge in [-0.3, -0.25) is 10.1 Å². The maximum Gasteiger partial charge on any atom is 0.275 e. The Kier molecular flexibility index (Phi) is 2.55. The summed E-state index contributed by atoms with van der Waals surface area (Å²) in [5.41, 5.74) is -0.683. The quantitative estimate of drug-likeness (QED) is 0.527. The fourth-order valence-electron chi connectivity index (χ4n) is 1.03. The van der Waals surface area contributed by atoms with Crippen molar-refractivity contribution in [1.29, 1.82) is 0 Å². The molecule has 0 aliphatic heterocycles. The average molecular weight is 187 g/mol. The van der Waals surface area contributed by atoms with Crippen LogP contribution in [0.15, 0.2) is 12.1 Å². The van der Waals surface area contributed by atoms with Gasteiger partial charge in [0.05, 0.1) is 17.1 Å². The van der Waals surface area contributed by atoms with Gasteiger partial charge >= 0.3 is 0 Å². The molecule has 0 fully saturated rings. The molecule has 1 rings (SSSR count). The number of benzene rings is 1. The minimum atomic E-state index is -0.866. The van der Waals surface area contributed by atoms with E-state index in [1.807, 2.05) is 0 Å². The maximum atomic E-state index is 12.9. The van der Waals surface area contributed by atoms with Gasteiger partial charge in [0.15, 0.2) is 0 Å². The Morgan fingerprint density at radius 2 is 1.85 bits per heavy atom. The number of halogens is 2. The monoisotopic (exact) mass is 187 g/mol. The van der Waals surface area contributed by atoms with Crippen molar-refractivity contribution < 1.29 is 13.7 Å². The second-order valence-corrected chi connectivity index (χ2v) is 2.50. The molecule has 0 unspecified atom stereocenters. The Hall–Kier alpha value is -1.52. The molecule has 3 nitrogen and oxygen atoms in total. The Labute approximate surface area is 73.1 Å². The van der Waals surface area contributed by atoms with E-state index in [1.54, 1.807) is 6.92 Å². The second kappa shape index (κ2) is 3.47. The molecule has 0 aliphatic carbocycles. The number of rotatable bonds is 2. The van der Waals surface area contributed by atoms with Gasteiger partial charge in [-0.2, -0.15) is 0 Å². The number of hydrogen-bond donors (Lipinski definition) is 0. The van der Waals surface area contributed by atoms with Crippen molar-refractivity contribution in [2.45, 2.75) is 13.3 Å². The van der Waals surface area contributed by atoms with Crippen LogP contribution < -0.4 is 0 Å². The van der Waals surface area contributed by atoms with Crippen molar-refractivity contribution in [3.8, 4) is 0 Å². The third-order valence-corrected chi connectivity index (χ3v) is 1.69. The first-order valence-electron chi connectivity index (χ1n) is 3.68. The first-order chi connectivity index (χ1) is 6.06. The van der Waals surface area contributed by atoms with Gasteiger partial charge in [-0.1, -0.05) is 6.92 Å². The van der Waals surface area contributed by atoms with Crippen LogP contribution in [-0.4, -0.2) is 4.92 Å². The lowest BCUT2D eigenvalue weighted by Crippen LogP contribution is -1.97. The van der Waals surface area contributed by atoms with E-state index < -0.39 is 22.2 Å². The van der Waals surface area contributed by atoms with Crippen LogP contribution in [0.2, 0.25) is 0 Å². The van der Waals surface area contributed by atoms with Crippen LogP contribution in [0.5, 0.6) is 0 Å². The van der Waals surface area contributed by atoms with Gasteiger partial charge in [0.1, 0.15) is 11.6 Å². The van der Waals surface area contributed by atoms with E-state index in [4.69, 9.17) is 0 Å². The predicted octanol–water partition coefficient (Wildman–Crippen LogP) is 2.44. The Morgan fingerprint density at radius 1 is 1.38 bits per heavy atom. The van der Waals surface area contributed by atoms with Crippen molar-refractivity contribution in [3.63, 3.8) is 0 Å². The number of nitro benzene ring substituents is 1. The Bertz CT molecular complexity index is 329. The molecule has 0 saturated heterocycles. The molecule has 1 aromatic rings. The molecule has 0 heterocycles. The molecule has 1 aromatic carbocycles. The smallest absolute Gasteiger partial charge is 0.258 e. The van der Waals surface area contributed by atoms with E-state index >= 15 is 0 Å². The molecular formula is C8H7F2NO2. The third kappa shape index (κ3) is 1.80. The zero-order chi connectivity index (χ0) is 10.0. The van der Waals surface area contributed by atoms with Crippen molar-refractivity contribution >= 4 is 5.69 Å². The van der Waals surface area contributed by atoms with Crippen molar-refractivity contribution in [3.05, 3.63) is 39.4 Å². The van der Waals surface area contributed by atoms with Crippen LogP contribution in [0.25, 0.3) is 0 Å². The van der Waals surface area contributed by atoms with E-state index in [0.29, 0.717) is 0 Å². The summed E-state index contributed by atoms with van der Waals surface area (Å²) in [7, 11) is 0. The van der Waals surface area contributed by atoms with Gasteiger partial charge in [0, 0.05) is 5.56 Å². The number of hydrogen-bond acceptors (Lipinski definition) is 2. The van der Waals surface area contributed by atoms with Crippen molar-refractivity contribution in [2.24, 2.45) is 0 Å². The van der Waals surface area contributed by atoms with Crippen LogP contribution in [0.1, 0.15) is 12.5 Å². The topological polar surface area (TPSA) is 43.1 Å². The predicted molar refractivity (Wildman–Crippen MR) is 42.4 cm³/mol. The highest BCUT2D eigenvalue weighted by Gasteiger charge is 2.15. The summed E-state index contributed by atoms with van der Waals surface area (Å²) < 4.78 is 25.9. The molecule has 0 aromatic heterocycles. The first kappa shape index (κ1) is 9.57. The molecule has 0 bridgehead atoms. The first-order valence-corrected chi connectivity index (χ1v) is 3.68. The van der Waals surface area contributed by atoms with Crippen LogP contribution in [-0.2, 0) is 6.42 Å². The molecular weight excluding hydrogens is 180 g/mol. The lowest BCUT2D eigenvalue weighted by molar-refractivity contribution is -0.385. The lowest BCUT2D eigenvalue weighted by atomic mass is 10.1. The molecule has 0 spiro atoms. The lowest BCUT2D eigenvalue weighted by Gasteiger charge is -2.00. The van der Waals surface area contributed by atoms with Crippen molar-refractivity contribution in [1.82, 2.24) is 0 Å². The number of nitrogens with zero attached hydrogens (tertiary/aromatic N) is 1.